The van der Waals surface area contributed by atoms with Crippen molar-refractivity contribution in [3.63, 3.8) is 0 Å². The van der Waals surface area contributed by atoms with E-state index in [0.29, 0.717) is 6.61 Å². The van der Waals surface area contributed by atoms with E-state index < -0.39 is 6.10 Å². The fraction of sp³-hybridized carbons (Fsp3) is 1.00. The predicted octanol–water partition coefficient (Wildman–Crippen LogP) is -1.13. The zero-order valence-corrected chi connectivity index (χ0v) is 5.27. The van der Waals surface area contributed by atoms with E-state index in [1.54, 1.807) is 0 Å². The lowest BCUT2D eigenvalue weighted by Crippen LogP contribution is -2.39. The van der Waals surface area contributed by atoms with Crippen molar-refractivity contribution in [3.8, 4) is 0 Å². The lowest BCUT2D eigenvalue weighted by molar-refractivity contribution is -0.103. The molecule has 0 aromatic rings. The lowest BCUT2D eigenvalue weighted by atomic mass is 10.1. The largest absolute Gasteiger partial charge is 0.387 e. The number of hydrogen-bond donors (Lipinski definition) is 1. The highest BCUT2D eigenvalue weighted by molar-refractivity contribution is 5.03. The highest BCUT2D eigenvalue weighted by Gasteiger charge is 2.61. The number of ether oxygens (including phenoxy) is 3. The van der Waals surface area contributed by atoms with Crippen molar-refractivity contribution in [1.29, 1.82) is 0 Å². The van der Waals surface area contributed by atoms with Crippen molar-refractivity contribution >= 4 is 0 Å². The van der Waals surface area contributed by atoms with Gasteiger partial charge in [-0.1, -0.05) is 0 Å². The first-order chi connectivity index (χ1) is 4.86. The Bertz CT molecular complexity index is 169. The van der Waals surface area contributed by atoms with Gasteiger partial charge in [-0.3, -0.25) is 0 Å². The number of rotatable bonds is 0. The van der Waals surface area contributed by atoms with Crippen LogP contribution in [0.15, 0.2) is 0 Å². The average Bonchev–Trinajstić information content (AvgIpc) is 2.61. The lowest BCUT2D eigenvalue weighted by Gasteiger charge is -2.18. The van der Waals surface area contributed by atoms with E-state index in [4.69, 9.17) is 14.2 Å². The molecule has 1 N–H and O–H groups in total. The Balaban J connectivity index is 1.91. The molecule has 10 heavy (non-hydrogen) atoms. The number of hydrogen-bond acceptors (Lipinski definition) is 4. The van der Waals surface area contributed by atoms with Gasteiger partial charge in [-0.25, -0.2) is 0 Å². The van der Waals surface area contributed by atoms with Crippen LogP contribution in [-0.4, -0.2) is 42.4 Å². The molecule has 3 heterocycles. The molecule has 0 unspecified atom stereocenters. The van der Waals surface area contributed by atoms with Gasteiger partial charge in [-0.15, -0.1) is 0 Å². The Morgan fingerprint density at radius 2 is 2.10 bits per heavy atom. The maximum atomic E-state index is 9.38. The molecule has 3 saturated heterocycles. The Morgan fingerprint density at radius 3 is 3.00 bits per heavy atom. The summed E-state index contributed by atoms with van der Waals surface area (Å²) in [5.74, 6) is 0. The van der Waals surface area contributed by atoms with Gasteiger partial charge in [-0.2, -0.15) is 0 Å². The summed E-state index contributed by atoms with van der Waals surface area (Å²) in [6.07, 6.45) is -0.809. The summed E-state index contributed by atoms with van der Waals surface area (Å²) in [6, 6.07) is 0. The molecule has 3 fully saturated rings. The summed E-state index contributed by atoms with van der Waals surface area (Å²) >= 11 is 0. The van der Waals surface area contributed by atoms with Crippen LogP contribution < -0.4 is 0 Å². The molecule has 0 saturated carbocycles. The van der Waals surface area contributed by atoms with Crippen LogP contribution in [0.1, 0.15) is 0 Å². The molecule has 0 aliphatic carbocycles. The van der Waals surface area contributed by atoms with Crippen LogP contribution in [0.4, 0.5) is 0 Å². The fourth-order valence-electron chi connectivity index (χ4n) is 1.63. The molecule has 3 aliphatic heterocycles. The third-order valence-electron chi connectivity index (χ3n) is 2.28. The van der Waals surface area contributed by atoms with Crippen molar-refractivity contribution < 1.29 is 19.3 Å². The van der Waals surface area contributed by atoms with Gasteiger partial charge in [0.05, 0.1) is 6.61 Å². The van der Waals surface area contributed by atoms with Gasteiger partial charge in [0.1, 0.15) is 24.4 Å². The van der Waals surface area contributed by atoms with E-state index in [2.05, 4.69) is 0 Å². The van der Waals surface area contributed by atoms with Gasteiger partial charge in [0, 0.05) is 0 Å². The van der Waals surface area contributed by atoms with E-state index in [1.807, 2.05) is 0 Å². The fourth-order valence-corrected chi connectivity index (χ4v) is 1.63. The summed E-state index contributed by atoms with van der Waals surface area (Å²) in [5.41, 5.74) is 0. The van der Waals surface area contributed by atoms with Crippen molar-refractivity contribution in [2.75, 3.05) is 6.61 Å². The van der Waals surface area contributed by atoms with Crippen molar-refractivity contribution in [2.45, 2.75) is 30.7 Å². The molecule has 0 spiro atoms. The molecule has 0 aromatic heterocycles. The number of fused-ring (bicyclic) bond motifs is 4. The van der Waals surface area contributed by atoms with Gasteiger partial charge in [0.15, 0.2) is 6.29 Å². The van der Waals surface area contributed by atoms with E-state index in [9.17, 15) is 5.11 Å². The maximum Gasteiger partial charge on any atom is 0.187 e. The number of aliphatic hydroxyl groups is 1. The maximum absolute atomic E-state index is 9.38. The molecule has 56 valence electrons. The topological polar surface area (TPSA) is 51.2 Å². The summed E-state index contributed by atoms with van der Waals surface area (Å²) < 4.78 is 15.6. The number of epoxide rings is 1. The van der Waals surface area contributed by atoms with E-state index in [-0.39, 0.29) is 24.6 Å². The molecule has 3 rings (SSSR count). The molecule has 2 bridgehead atoms. The van der Waals surface area contributed by atoms with Crippen LogP contribution >= 0.6 is 0 Å². The highest BCUT2D eigenvalue weighted by Crippen LogP contribution is 2.41. The molecule has 0 radical (unpaired) electrons. The van der Waals surface area contributed by atoms with Crippen molar-refractivity contribution in [1.82, 2.24) is 0 Å². The van der Waals surface area contributed by atoms with Gasteiger partial charge >= 0.3 is 0 Å². The van der Waals surface area contributed by atoms with Crippen LogP contribution in [0, 0.1) is 0 Å². The second kappa shape index (κ2) is 1.53. The second-order valence-electron chi connectivity index (χ2n) is 2.93. The Morgan fingerprint density at radius 1 is 1.20 bits per heavy atom. The van der Waals surface area contributed by atoms with E-state index in [0.717, 1.165) is 0 Å². The normalized spacial score (nSPS) is 63.9. The quantitative estimate of drug-likeness (QED) is 0.437. The predicted molar refractivity (Wildman–Crippen MR) is 29.3 cm³/mol. The summed E-state index contributed by atoms with van der Waals surface area (Å²) in [7, 11) is 0. The first-order valence-corrected chi connectivity index (χ1v) is 3.47. The molecule has 4 nitrogen and oxygen atoms in total. The minimum absolute atomic E-state index is 0.00810. The monoisotopic (exact) mass is 144 g/mol. The third-order valence-corrected chi connectivity index (χ3v) is 2.28. The Labute approximate surface area is 57.7 Å². The first kappa shape index (κ1) is 5.49. The zero-order valence-electron chi connectivity index (χ0n) is 5.27. The molecule has 3 aliphatic rings. The SMILES string of the molecule is O[C@H]1[C@H]2O[C@@H]2[C@@H]2OC[C@H]1O2. The zero-order chi connectivity index (χ0) is 6.72. The summed E-state index contributed by atoms with van der Waals surface area (Å²) in [5, 5.41) is 9.38. The third kappa shape index (κ3) is 0.509. The van der Waals surface area contributed by atoms with Crippen molar-refractivity contribution in [2.24, 2.45) is 0 Å². The smallest absolute Gasteiger partial charge is 0.187 e. The van der Waals surface area contributed by atoms with Crippen molar-refractivity contribution in [3.05, 3.63) is 0 Å². The number of aliphatic hydroxyl groups excluding tert-OH is 1. The first-order valence-electron chi connectivity index (χ1n) is 3.47. The molecule has 4 heteroatoms. The van der Waals surface area contributed by atoms with Crippen LogP contribution in [0.25, 0.3) is 0 Å². The average molecular weight is 144 g/mol. The van der Waals surface area contributed by atoms with Crippen LogP contribution in [0.3, 0.4) is 0 Å². The van der Waals surface area contributed by atoms with Crippen LogP contribution in [0.5, 0.6) is 0 Å². The molecule has 0 amide bonds. The Kier molecular flexibility index (Phi) is 0.840. The van der Waals surface area contributed by atoms with Crippen LogP contribution in [-0.2, 0) is 14.2 Å². The summed E-state index contributed by atoms with van der Waals surface area (Å²) in [6.45, 7) is 0.516. The van der Waals surface area contributed by atoms with Gasteiger partial charge in [-0.05, 0) is 0 Å². The highest BCUT2D eigenvalue weighted by atomic mass is 16.8. The second-order valence-corrected chi connectivity index (χ2v) is 2.93. The van der Waals surface area contributed by atoms with Crippen LogP contribution in [0.2, 0.25) is 0 Å². The van der Waals surface area contributed by atoms with E-state index in [1.165, 1.54) is 0 Å². The van der Waals surface area contributed by atoms with E-state index >= 15 is 0 Å². The van der Waals surface area contributed by atoms with Gasteiger partial charge < -0.3 is 19.3 Å². The molecule has 0 aromatic carbocycles. The van der Waals surface area contributed by atoms with Gasteiger partial charge in [0.2, 0.25) is 0 Å². The molecular weight excluding hydrogens is 136 g/mol. The Hall–Kier alpha value is -0.160. The van der Waals surface area contributed by atoms with Gasteiger partial charge in [0.25, 0.3) is 0 Å². The standard InChI is InChI=1S/C6H8O4/c7-3-2-1-8-6(9-2)5-4(3)10-5/h2-7H,1H2/t2-,3-,4-,5+,6-/m1/s1. The molecule has 5 atom stereocenters. The summed E-state index contributed by atoms with van der Waals surface area (Å²) in [4.78, 5) is 0. The minimum atomic E-state index is -0.469. The molecular formula is C6H8O4. The minimum Gasteiger partial charge on any atom is -0.387 e.